The Labute approximate surface area is 154 Å². The van der Waals surface area contributed by atoms with Crippen molar-refractivity contribution in [3.8, 4) is 5.75 Å². The van der Waals surface area contributed by atoms with Gasteiger partial charge in [0.15, 0.2) is 0 Å². The normalized spacial score (nSPS) is 16.8. The summed E-state index contributed by atoms with van der Waals surface area (Å²) in [5.74, 6) is 1.22. The monoisotopic (exact) mass is 367 g/mol. The number of fused-ring (bicyclic) bond motifs is 1. The number of rotatable bonds is 3. The highest BCUT2D eigenvalue weighted by molar-refractivity contribution is 7.99. The summed E-state index contributed by atoms with van der Waals surface area (Å²) in [4.78, 5) is 27.2. The Hall–Kier alpha value is -2.73. The molecule has 1 amide bonds. The van der Waals surface area contributed by atoms with E-state index in [-0.39, 0.29) is 16.8 Å². The fourth-order valence-corrected chi connectivity index (χ4v) is 4.45. The Morgan fingerprint density at radius 1 is 1.19 bits per heavy atom. The van der Waals surface area contributed by atoms with Gasteiger partial charge in [0, 0.05) is 23.2 Å². The van der Waals surface area contributed by atoms with Crippen molar-refractivity contribution in [2.45, 2.75) is 5.37 Å². The summed E-state index contributed by atoms with van der Waals surface area (Å²) in [6.07, 6.45) is 0. The molecular formula is C20H17NO4S. The topological polar surface area (TPSA) is 59.8 Å². The van der Waals surface area contributed by atoms with E-state index >= 15 is 0 Å². The quantitative estimate of drug-likeness (QED) is 0.661. The molecule has 1 aromatic heterocycles. The first-order chi connectivity index (χ1) is 12.7. The summed E-state index contributed by atoms with van der Waals surface area (Å²) in [5.41, 5.74) is 0.859. The van der Waals surface area contributed by atoms with Gasteiger partial charge in [-0.05, 0) is 18.2 Å². The minimum absolute atomic E-state index is 0.0612. The van der Waals surface area contributed by atoms with E-state index in [1.807, 2.05) is 36.4 Å². The van der Waals surface area contributed by atoms with Crippen LogP contribution in [0.2, 0.25) is 0 Å². The maximum Gasteiger partial charge on any atom is 0.349 e. The SMILES string of the molecule is COc1ccccc1[C@H]1SCCN1C(=O)c1cc2ccccc2oc1=O. The maximum atomic E-state index is 13.1. The number of hydrogen-bond acceptors (Lipinski definition) is 5. The number of carbonyl (C=O) groups excluding carboxylic acids is 1. The number of amides is 1. The summed E-state index contributed by atoms with van der Waals surface area (Å²) in [7, 11) is 1.61. The van der Waals surface area contributed by atoms with Gasteiger partial charge in [0.05, 0.1) is 7.11 Å². The lowest BCUT2D eigenvalue weighted by Crippen LogP contribution is -2.33. The average Bonchev–Trinajstić information content (AvgIpc) is 3.16. The van der Waals surface area contributed by atoms with Crippen LogP contribution in [0.3, 0.4) is 0 Å². The minimum atomic E-state index is -0.607. The predicted molar refractivity (Wildman–Crippen MR) is 102 cm³/mol. The van der Waals surface area contributed by atoms with Crippen LogP contribution in [0, 0.1) is 0 Å². The molecule has 1 atom stereocenters. The molecule has 0 spiro atoms. The second-order valence-corrected chi connectivity index (χ2v) is 7.14. The van der Waals surface area contributed by atoms with Crippen LogP contribution in [-0.2, 0) is 0 Å². The van der Waals surface area contributed by atoms with E-state index < -0.39 is 5.63 Å². The maximum absolute atomic E-state index is 13.1. The van der Waals surface area contributed by atoms with E-state index in [0.717, 1.165) is 22.5 Å². The van der Waals surface area contributed by atoms with Gasteiger partial charge in [0.2, 0.25) is 0 Å². The molecule has 1 saturated heterocycles. The third kappa shape index (κ3) is 2.86. The zero-order chi connectivity index (χ0) is 18.1. The molecular weight excluding hydrogens is 350 g/mol. The van der Waals surface area contributed by atoms with Gasteiger partial charge in [0.1, 0.15) is 22.3 Å². The summed E-state index contributed by atoms with van der Waals surface area (Å²) in [6, 6.07) is 16.4. The van der Waals surface area contributed by atoms with Gasteiger partial charge in [-0.1, -0.05) is 36.4 Å². The van der Waals surface area contributed by atoms with Crippen LogP contribution in [0.5, 0.6) is 5.75 Å². The number of nitrogens with zero attached hydrogens (tertiary/aromatic N) is 1. The first-order valence-electron chi connectivity index (χ1n) is 8.27. The van der Waals surface area contributed by atoms with Gasteiger partial charge >= 0.3 is 5.63 Å². The molecule has 26 heavy (non-hydrogen) atoms. The zero-order valence-electron chi connectivity index (χ0n) is 14.2. The van der Waals surface area contributed by atoms with Crippen molar-refractivity contribution in [2.75, 3.05) is 19.4 Å². The van der Waals surface area contributed by atoms with Gasteiger partial charge < -0.3 is 14.1 Å². The first kappa shape index (κ1) is 16.7. The van der Waals surface area contributed by atoms with Crippen molar-refractivity contribution in [1.29, 1.82) is 0 Å². The van der Waals surface area contributed by atoms with Gasteiger partial charge in [-0.2, -0.15) is 0 Å². The molecule has 0 bridgehead atoms. The lowest BCUT2D eigenvalue weighted by atomic mass is 10.1. The van der Waals surface area contributed by atoms with Crippen LogP contribution in [0.25, 0.3) is 11.0 Å². The Balaban J connectivity index is 1.73. The number of ether oxygens (including phenoxy) is 1. The molecule has 1 aliphatic heterocycles. The molecule has 2 heterocycles. The lowest BCUT2D eigenvalue weighted by Gasteiger charge is -2.25. The minimum Gasteiger partial charge on any atom is -0.496 e. The van der Waals surface area contributed by atoms with Crippen LogP contribution in [0.1, 0.15) is 21.3 Å². The number of para-hydroxylation sites is 2. The molecule has 0 N–H and O–H groups in total. The van der Waals surface area contributed by atoms with Crippen LogP contribution < -0.4 is 10.4 Å². The Morgan fingerprint density at radius 3 is 2.81 bits per heavy atom. The second kappa shape index (κ2) is 6.88. The number of methoxy groups -OCH3 is 1. The Bertz CT molecular complexity index is 1030. The van der Waals surface area contributed by atoms with Crippen LogP contribution in [0.15, 0.2) is 63.8 Å². The zero-order valence-corrected chi connectivity index (χ0v) is 15.0. The Kier molecular flexibility index (Phi) is 4.42. The van der Waals surface area contributed by atoms with Crippen molar-refractivity contribution < 1.29 is 13.9 Å². The fraction of sp³-hybridized carbons (Fsp3) is 0.200. The molecule has 0 aliphatic carbocycles. The van der Waals surface area contributed by atoms with Crippen molar-refractivity contribution in [3.63, 3.8) is 0 Å². The molecule has 2 aromatic carbocycles. The molecule has 0 unspecified atom stereocenters. The van der Waals surface area contributed by atoms with Crippen molar-refractivity contribution in [1.82, 2.24) is 4.90 Å². The van der Waals surface area contributed by atoms with Crippen LogP contribution in [0.4, 0.5) is 0 Å². The molecule has 0 radical (unpaired) electrons. The summed E-state index contributed by atoms with van der Waals surface area (Å²) >= 11 is 1.66. The molecule has 5 nitrogen and oxygen atoms in total. The average molecular weight is 367 g/mol. The van der Waals surface area contributed by atoms with Gasteiger partial charge in [-0.3, -0.25) is 4.79 Å². The van der Waals surface area contributed by atoms with Crippen molar-refractivity contribution in [2.24, 2.45) is 0 Å². The first-order valence-corrected chi connectivity index (χ1v) is 9.32. The third-order valence-corrected chi connectivity index (χ3v) is 5.67. The number of hydrogen-bond donors (Lipinski definition) is 0. The van der Waals surface area contributed by atoms with Gasteiger partial charge in [-0.15, -0.1) is 11.8 Å². The molecule has 3 aromatic rings. The highest BCUT2D eigenvalue weighted by Gasteiger charge is 2.34. The van der Waals surface area contributed by atoms with Gasteiger partial charge in [-0.25, -0.2) is 4.79 Å². The second-order valence-electron chi connectivity index (χ2n) is 5.95. The van der Waals surface area contributed by atoms with Crippen molar-refractivity contribution >= 4 is 28.6 Å². The summed E-state index contributed by atoms with van der Waals surface area (Å²) in [6.45, 7) is 0.568. The highest BCUT2D eigenvalue weighted by atomic mass is 32.2. The largest absolute Gasteiger partial charge is 0.496 e. The van der Waals surface area contributed by atoms with E-state index in [0.29, 0.717) is 12.1 Å². The van der Waals surface area contributed by atoms with E-state index in [2.05, 4.69) is 0 Å². The molecule has 1 fully saturated rings. The van der Waals surface area contributed by atoms with Crippen LogP contribution >= 0.6 is 11.8 Å². The van der Waals surface area contributed by atoms with E-state index in [4.69, 9.17) is 9.15 Å². The van der Waals surface area contributed by atoms with E-state index in [1.54, 1.807) is 42.0 Å². The lowest BCUT2D eigenvalue weighted by molar-refractivity contribution is 0.0755. The molecule has 6 heteroatoms. The van der Waals surface area contributed by atoms with Crippen LogP contribution in [-0.4, -0.2) is 30.2 Å². The fourth-order valence-electron chi connectivity index (χ4n) is 3.17. The van der Waals surface area contributed by atoms with E-state index in [9.17, 15) is 9.59 Å². The molecule has 0 saturated carbocycles. The summed E-state index contributed by atoms with van der Waals surface area (Å²) in [5, 5.41) is 0.542. The summed E-state index contributed by atoms with van der Waals surface area (Å²) < 4.78 is 10.8. The number of benzene rings is 2. The van der Waals surface area contributed by atoms with Crippen molar-refractivity contribution in [3.05, 3.63) is 76.1 Å². The highest BCUT2D eigenvalue weighted by Crippen LogP contribution is 2.42. The molecule has 4 rings (SSSR count). The smallest absolute Gasteiger partial charge is 0.349 e. The third-order valence-electron chi connectivity index (χ3n) is 4.43. The van der Waals surface area contributed by atoms with E-state index in [1.165, 1.54) is 0 Å². The predicted octanol–water partition coefficient (Wildman–Crippen LogP) is 3.69. The number of carbonyl (C=O) groups is 1. The number of thioether (sulfide) groups is 1. The Morgan fingerprint density at radius 2 is 1.96 bits per heavy atom. The molecule has 1 aliphatic rings. The van der Waals surface area contributed by atoms with Gasteiger partial charge in [0.25, 0.3) is 5.91 Å². The standard InChI is InChI=1S/C20H17NO4S/c1-24-17-9-5-3-7-14(17)19-21(10-11-26-19)18(22)15-12-13-6-2-4-8-16(13)25-20(15)23/h2-9,12,19H,10-11H2,1H3/t19-/m1/s1. The molecule has 132 valence electrons.